The van der Waals surface area contributed by atoms with E-state index in [-0.39, 0.29) is 11.6 Å². The van der Waals surface area contributed by atoms with Gasteiger partial charge >= 0.3 is 0 Å². The fraction of sp³-hybridized carbons (Fsp3) is 0.172. The van der Waals surface area contributed by atoms with E-state index < -0.39 is 0 Å². The maximum Gasteiger partial charge on any atom is 0.271 e. The molecule has 0 bridgehead atoms. The summed E-state index contributed by atoms with van der Waals surface area (Å²) < 4.78 is 15.2. The monoisotopic (exact) mass is 636 g/mol. The molecular formula is C29H22Br2N2O3S. The number of allylic oxidation sites excluding steroid dienone is 1. The van der Waals surface area contributed by atoms with Gasteiger partial charge in [0.05, 0.1) is 35.0 Å². The van der Waals surface area contributed by atoms with Crippen LogP contribution >= 0.6 is 43.2 Å². The summed E-state index contributed by atoms with van der Waals surface area (Å²) in [6.07, 6.45) is 3.66. The second-order valence-corrected chi connectivity index (χ2v) is 11.7. The van der Waals surface area contributed by atoms with Crippen molar-refractivity contribution in [3.05, 3.63) is 117 Å². The molecule has 4 aromatic rings. The lowest BCUT2D eigenvalue weighted by Gasteiger charge is -2.30. The van der Waals surface area contributed by atoms with Crippen LogP contribution in [0.25, 0.3) is 11.8 Å². The van der Waals surface area contributed by atoms with E-state index in [1.807, 2.05) is 47.0 Å². The highest BCUT2D eigenvalue weighted by atomic mass is 79.9. The van der Waals surface area contributed by atoms with Gasteiger partial charge in [-0.05, 0) is 75.8 Å². The van der Waals surface area contributed by atoms with Gasteiger partial charge in [-0.25, -0.2) is 4.99 Å². The normalized spacial score (nSPS) is 16.5. The largest absolute Gasteiger partial charge is 0.497 e. The standard InChI is InChI=1S/C29H22Br2N2O3S/c1-35-20-10-7-17(8-11-20)26-22-12-9-16-5-3-4-6-21(16)25(22)32-29-33(26)28(34)24(37-29)14-18-13-19(30)15-23(31)27(18)36-2/h3-8,10-11,13-15,26H,9,12H2,1-2H3/b24-14-/t26-/m0/s1. The zero-order valence-electron chi connectivity index (χ0n) is 20.1. The van der Waals surface area contributed by atoms with Gasteiger partial charge in [0.2, 0.25) is 0 Å². The first-order valence-electron chi connectivity index (χ1n) is 11.8. The first kappa shape index (κ1) is 24.4. The van der Waals surface area contributed by atoms with Crippen LogP contribution in [0.3, 0.4) is 0 Å². The number of halogens is 2. The number of hydrogen-bond donors (Lipinski definition) is 0. The second kappa shape index (κ2) is 9.74. The SMILES string of the molecule is COc1ccc([C@H]2C3=C(N=c4s/c(=C\c5cc(Br)cc(Br)c5OC)c(=O)n42)c2ccccc2CC3)cc1. The van der Waals surface area contributed by atoms with Gasteiger partial charge in [0.1, 0.15) is 11.5 Å². The topological polar surface area (TPSA) is 52.8 Å². The lowest BCUT2D eigenvalue weighted by Crippen LogP contribution is -2.38. The summed E-state index contributed by atoms with van der Waals surface area (Å²) in [6, 6.07) is 20.1. The van der Waals surface area contributed by atoms with Crippen LogP contribution in [0.4, 0.5) is 0 Å². The molecule has 1 aromatic heterocycles. The molecule has 1 aliphatic heterocycles. The lowest BCUT2D eigenvalue weighted by molar-refractivity contribution is 0.411. The summed E-state index contributed by atoms with van der Waals surface area (Å²) in [7, 11) is 3.29. The maximum atomic E-state index is 14.0. The van der Waals surface area contributed by atoms with Gasteiger partial charge in [-0.2, -0.15) is 0 Å². The van der Waals surface area contributed by atoms with Crippen molar-refractivity contribution in [2.24, 2.45) is 4.99 Å². The number of benzene rings is 3. The molecule has 0 saturated carbocycles. The minimum absolute atomic E-state index is 0.0619. The molecule has 0 spiro atoms. The Labute approximate surface area is 234 Å². The predicted octanol–water partition coefficient (Wildman–Crippen LogP) is 5.86. The van der Waals surface area contributed by atoms with Crippen LogP contribution in [0.15, 0.2) is 85.0 Å². The number of hydrogen-bond acceptors (Lipinski definition) is 5. The quantitative estimate of drug-likeness (QED) is 0.282. The fourth-order valence-corrected chi connectivity index (χ4v) is 7.56. The third kappa shape index (κ3) is 4.21. The first-order chi connectivity index (χ1) is 18.0. The highest BCUT2D eigenvalue weighted by Crippen LogP contribution is 2.41. The van der Waals surface area contributed by atoms with E-state index in [0.717, 1.165) is 49.9 Å². The Morgan fingerprint density at radius 2 is 1.81 bits per heavy atom. The molecule has 0 radical (unpaired) electrons. The lowest BCUT2D eigenvalue weighted by atomic mass is 9.83. The van der Waals surface area contributed by atoms with E-state index in [4.69, 9.17) is 14.5 Å². The smallest absolute Gasteiger partial charge is 0.271 e. The third-order valence-electron chi connectivity index (χ3n) is 6.83. The molecule has 0 amide bonds. The van der Waals surface area contributed by atoms with Crippen molar-refractivity contribution in [1.29, 1.82) is 0 Å². The van der Waals surface area contributed by atoms with Gasteiger partial charge in [0, 0.05) is 15.6 Å². The molecule has 0 fully saturated rings. The van der Waals surface area contributed by atoms with Crippen LogP contribution in [-0.2, 0) is 6.42 Å². The molecule has 3 aromatic carbocycles. The maximum absolute atomic E-state index is 14.0. The van der Waals surface area contributed by atoms with Crippen LogP contribution in [-0.4, -0.2) is 18.8 Å². The molecule has 1 atom stereocenters. The Hall–Kier alpha value is -2.94. The molecule has 0 unspecified atom stereocenters. The molecule has 2 aliphatic rings. The first-order valence-corrected chi connectivity index (χ1v) is 14.2. The summed E-state index contributed by atoms with van der Waals surface area (Å²) in [5.74, 6) is 1.46. The van der Waals surface area contributed by atoms with Crippen molar-refractivity contribution >= 4 is 55.0 Å². The number of fused-ring (bicyclic) bond motifs is 3. The van der Waals surface area contributed by atoms with Gasteiger partial charge in [0.15, 0.2) is 4.80 Å². The predicted molar refractivity (Wildman–Crippen MR) is 154 cm³/mol. The van der Waals surface area contributed by atoms with Gasteiger partial charge < -0.3 is 9.47 Å². The summed E-state index contributed by atoms with van der Waals surface area (Å²) in [4.78, 5) is 19.8. The summed E-state index contributed by atoms with van der Waals surface area (Å²) >= 11 is 8.53. The number of thiazole rings is 1. The number of aryl methyl sites for hydroxylation is 1. The average Bonchev–Trinajstić information content (AvgIpc) is 3.21. The van der Waals surface area contributed by atoms with Crippen LogP contribution < -0.4 is 24.4 Å². The van der Waals surface area contributed by atoms with Gasteiger partial charge in [-0.1, -0.05) is 63.7 Å². The van der Waals surface area contributed by atoms with E-state index in [1.165, 1.54) is 22.5 Å². The summed E-state index contributed by atoms with van der Waals surface area (Å²) in [6.45, 7) is 0. The van der Waals surface area contributed by atoms with Crippen molar-refractivity contribution in [2.45, 2.75) is 18.9 Å². The van der Waals surface area contributed by atoms with E-state index in [1.54, 1.807) is 14.2 Å². The second-order valence-electron chi connectivity index (χ2n) is 8.90. The number of rotatable bonds is 4. The molecule has 0 saturated heterocycles. The summed E-state index contributed by atoms with van der Waals surface area (Å²) in [5, 5.41) is 0. The van der Waals surface area contributed by atoms with Crippen LogP contribution in [0.2, 0.25) is 0 Å². The van der Waals surface area contributed by atoms with Gasteiger partial charge in [0.25, 0.3) is 5.56 Å². The average molecular weight is 638 g/mol. The Kier molecular flexibility index (Phi) is 6.42. The zero-order chi connectivity index (χ0) is 25.7. The molecule has 37 heavy (non-hydrogen) atoms. The molecule has 1 aliphatic carbocycles. The Morgan fingerprint density at radius 1 is 1.03 bits per heavy atom. The van der Waals surface area contributed by atoms with Crippen molar-refractivity contribution in [3.8, 4) is 11.5 Å². The highest BCUT2D eigenvalue weighted by Gasteiger charge is 2.32. The van der Waals surface area contributed by atoms with Crippen molar-refractivity contribution < 1.29 is 9.47 Å². The molecule has 5 nitrogen and oxygen atoms in total. The minimum Gasteiger partial charge on any atom is -0.497 e. The molecule has 2 heterocycles. The van der Waals surface area contributed by atoms with Crippen molar-refractivity contribution in [3.63, 3.8) is 0 Å². The molecule has 8 heteroatoms. The van der Waals surface area contributed by atoms with E-state index >= 15 is 0 Å². The number of ether oxygens (including phenoxy) is 2. The molecule has 186 valence electrons. The van der Waals surface area contributed by atoms with Crippen LogP contribution in [0.5, 0.6) is 11.5 Å². The third-order valence-corrected chi connectivity index (χ3v) is 8.86. The number of nitrogens with zero attached hydrogens (tertiary/aromatic N) is 2. The van der Waals surface area contributed by atoms with Crippen LogP contribution in [0, 0.1) is 0 Å². The van der Waals surface area contributed by atoms with E-state index in [0.29, 0.717) is 15.1 Å². The molecule has 6 rings (SSSR count). The van der Waals surface area contributed by atoms with Crippen molar-refractivity contribution in [1.82, 2.24) is 4.57 Å². The Morgan fingerprint density at radius 3 is 2.57 bits per heavy atom. The van der Waals surface area contributed by atoms with Gasteiger partial charge in [-0.3, -0.25) is 9.36 Å². The van der Waals surface area contributed by atoms with Gasteiger partial charge in [-0.15, -0.1) is 0 Å². The highest BCUT2D eigenvalue weighted by molar-refractivity contribution is 9.11. The Bertz CT molecular complexity index is 1750. The number of aromatic nitrogens is 1. The van der Waals surface area contributed by atoms with Crippen molar-refractivity contribution in [2.75, 3.05) is 14.2 Å². The Balaban J connectivity index is 1.62. The number of methoxy groups -OCH3 is 2. The zero-order valence-corrected chi connectivity index (χ0v) is 24.1. The summed E-state index contributed by atoms with van der Waals surface area (Å²) in [5.41, 5.74) is 6.39. The van der Waals surface area contributed by atoms with E-state index in [9.17, 15) is 4.79 Å². The molecule has 0 N–H and O–H groups in total. The molecular weight excluding hydrogens is 616 g/mol. The van der Waals surface area contributed by atoms with E-state index in [2.05, 4.69) is 56.1 Å². The fourth-order valence-electron chi connectivity index (χ4n) is 5.15. The van der Waals surface area contributed by atoms with Crippen LogP contribution in [0.1, 0.15) is 34.7 Å². The minimum atomic E-state index is -0.233.